The van der Waals surface area contributed by atoms with E-state index in [4.69, 9.17) is 4.74 Å². The molecular weight excluding hydrogens is 128 g/mol. The molecule has 0 aromatic carbocycles. The maximum Gasteiger partial charge on any atom is 0.202 e. The quantitative estimate of drug-likeness (QED) is 0.368. The third-order valence-corrected chi connectivity index (χ3v) is 0.833. The van der Waals surface area contributed by atoms with Gasteiger partial charge >= 0.3 is 0 Å². The Balaban J connectivity index is 3.47. The highest BCUT2D eigenvalue weighted by atomic mass is 16.5. The molecule has 0 heterocycles. The second kappa shape index (κ2) is 5.09. The van der Waals surface area contributed by atoms with E-state index in [1.807, 2.05) is 27.7 Å². The fourth-order valence-electron chi connectivity index (χ4n) is 0.461. The first-order chi connectivity index (χ1) is 4.66. The molecule has 0 aromatic rings. The minimum atomic E-state index is 0.371. The van der Waals surface area contributed by atoms with Crippen LogP contribution >= 0.6 is 0 Å². The van der Waals surface area contributed by atoms with Gasteiger partial charge in [-0.1, -0.05) is 0 Å². The predicted molar refractivity (Wildman–Crippen MR) is 43.0 cm³/mol. The Kier molecular flexibility index (Phi) is 4.72. The summed E-state index contributed by atoms with van der Waals surface area (Å²) in [7, 11) is 0. The number of hydrazone groups is 1. The van der Waals surface area contributed by atoms with Crippen LogP contribution in [0.15, 0.2) is 5.10 Å². The van der Waals surface area contributed by atoms with Gasteiger partial charge in [-0.2, -0.15) is 0 Å². The molecule has 0 radical (unpaired) electrons. The van der Waals surface area contributed by atoms with Crippen molar-refractivity contribution in [2.75, 3.05) is 6.61 Å². The molecule has 0 amide bonds. The number of ether oxygens (including phenoxy) is 1. The van der Waals surface area contributed by atoms with Crippen LogP contribution in [0.2, 0.25) is 0 Å². The maximum atomic E-state index is 5.08. The van der Waals surface area contributed by atoms with E-state index in [1.54, 1.807) is 0 Å². The lowest BCUT2D eigenvalue weighted by atomic mass is 10.4. The monoisotopic (exact) mass is 144 g/mol. The summed E-state index contributed by atoms with van der Waals surface area (Å²) in [6.07, 6.45) is 0. The van der Waals surface area contributed by atoms with Crippen molar-refractivity contribution >= 4 is 5.90 Å². The van der Waals surface area contributed by atoms with Crippen LogP contribution in [-0.2, 0) is 4.74 Å². The molecule has 0 spiro atoms. The smallest absolute Gasteiger partial charge is 0.202 e. The third-order valence-electron chi connectivity index (χ3n) is 0.833. The van der Waals surface area contributed by atoms with E-state index in [2.05, 4.69) is 10.5 Å². The predicted octanol–water partition coefficient (Wildman–Crippen LogP) is 1.35. The van der Waals surface area contributed by atoms with E-state index in [0.717, 1.165) is 0 Å². The fraction of sp³-hybridized carbons (Fsp3) is 0.857. The zero-order valence-electron chi connectivity index (χ0n) is 7.14. The molecule has 3 heteroatoms. The van der Waals surface area contributed by atoms with Crippen LogP contribution in [0.25, 0.3) is 0 Å². The molecular formula is C7H16N2O. The molecule has 0 saturated carbocycles. The topological polar surface area (TPSA) is 33.6 Å². The SMILES string of the molecule is CCOC(C)=NNC(C)C. The van der Waals surface area contributed by atoms with Crippen molar-refractivity contribution in [1.29, 1.82) is 0 Å². The van der Waals surface area contributed by atoms with E-state index < -0.39 is 0 Å². The molecule has 0 bridgehead atoms. The van der Waals surface area contributed by atoms with E-state index >= 15 is 0 Å². The highest BCUT2D eigenvalue weighted by Crippen LogP contribution is 1.81. The van der Waals surface area contributed by atoms with E-state index in [9.17, 15) is 0 Å². The highest BCUT2D eigenvalue weighted by Gasteiger charge is 1.89. The largest absolute Gasteiger partial charge is 0.480 e. The summed E-state index contributed by atoms with van der Waals surface area (Å²) in [4.78, 5) is 0. The molecule has 0 aliphatic carbocycles. The van der Waals surface area contributed by atoms with Crippen LogP contribution in [0, 0.1) is 0 Å². The van der Waals surface area contributed by atoms with Gasteiger partial charge in [0.1, 0.15) is 0 Å². The summed E-state index contributed by atoms with van der Waals surface area (Å²) in [6.45, 7) is 8.51. The lowest BCUT2D eigenvalue weighted by Crippen LogP contribution is -2.18. The van der Waals surface area contributed by atoms with Crippen molar-refractivity contribution in [2.45, 2.75) is 33.7 Å². The summed E-state index contributed by atoms with van der Waals surface area (Å²) < 4.78 is 5.08. The van der Waals surface area contributed by atoms with Crippen molar-refractivity contribution in [3.8, 4) is 0 Å². The standard InChI is InChI=1S/C7H16N2O/c1-5-10-7(4)9-8-6(2)3/h6,8H,5H2,1-4H3. The number of nitrogens with one attached hydrogen (secondary N) is 1. The molecule has 0 atom stereocenters. The van der Waals surface area contributed by atoms with Crippen molar-refractivity contribution in [1.82, 2.24) is 5.43 Å². The Morgan fingerprint density at radius 1 is 1.60 bits per heavy atom. The Bertz CT molecular complexity index is 110. The Hall–Kier alpha value is -0.730. The molecule has 60 valence electrons. The maximum absolute atomic E-state index is 5.08. The van der Waals surface area contributed by atoms with Gasteiger partial charge in [0.25, 0.3) is 0 Å². The summed E-state index contributed by atoms with van der Waals surface area (Å²) >= 11 is 0. The van der Waals surface area contributed by atoms with Crippen LogP contribution in [0.1, 0.15) is 27.7 Å². The molecule has 3 nitrogen and oxygen atoms in total. The highest BCUT2D eigenvalue weighted by molar-refractivity contribution is 5.72. The van der Waals surface area contributed by atoms with Crippen LogP contribution in [0.3, 0.4) is 0 Å². The molecule has 0 fully saturated rings. The van der Waals surface area contributed by atoms with Gasteiger partial charge in [-0.15, -0.1) is 5.10 Å². The van der Waals surface area contributed by atoms with Gasteiger partial charge in [-0.25, -0.2) is 0 Å². The molecule has 0 aromatic heterocycles. The average Bonchev–Trinajstić information content (AvgIpc) is 1.85. The zero-order valence-corrected chi connectivity index (χ0v) is 7.14. The molecule has 1 N–H and O–H groups in total. The average molecular weight is 144 g/mol. The number of nitrogens with zero attached hydrogens (tertiary/aromatic N) is 1. The zero-order chi connectivity index (χ0) is 7.98. The fourth-order valence-corrected chi connectivity index (χ4v) is 0.461. The minimum absolute atomic E-state index is 0.371. The van der Waals surface area contributed by atoms with Crippen molar-refractivity contribution in [2.24, 2.45) is 5.10 Å². The van der Waals surface area contributed by atoms with Crippen LogP contribution in [-0.4, -0.2) is 18.5 Å². The van der Waals surface area contributed by atoms with E-state index in [1.165, 1.54) is 0 Å². The third kappa shape index (κ3) is 5.41. The van der Waals surface area contributed by atoms with Gasteiger partial charge in [0, 0.05) is 13.0 Å². The number of rotatable bonds is 3. The van der Waals surface area contributed by atoms with Gasteiger partial charge < -0.3 is 10.2 Å². The molecule has 0 saturated heterocycles. The molecule has 0 aliphatic heterocycles. The summed E-state index contributed by atoms with van der Waals surface area (Å²) in [6, 6.07) is 0.371. The van der Waals surface area contributed by atoms with Gasteiger partial charge in [0.15, 0.2) is 0 Å². The van der Waals surface area contributed by atoms with Gasteiger partial charge in [-0.3, -0.25) is 0 Å². The summed E-state index contributed by atoms with van der Waals surface area (Å²) in [5.41, 5.74) is 2.89. The molecule has 0 aliphatic rings. The normalized spacial score (nSPS) is 11.9. The molecule has 0 rings (SSSR count). The first kappa shape index (κ1) is 9.27. The van der Waals surface area contributed by atoms with E-state index in [0.29, 0.717) is 18.5 Å². The number of hydrogen-bond donors (Lipinski definition) is 1. The minimum Gasteiger partial charge on any atom is -0.480 e. The lowest BCUT2D eigenvalue weighted by Gasteiger charge is -2.05. The Morgan fingerprint density at radius 2 is 2.20 bits per heavy atom. The second-order valence-corrected chi connectivity index (χ2v) is 2.35. The Morgan fingerprint density at radius 3 is 2.60 bits per heavy atom. The van der Waals surface area contributed by atoms with Crippen molar-refractivity contribution in [3.63, 3.8) is 0 Å². The molecule has 0 unspecified atom stereocenters. The van der Waals surface area contributed by atoms with E-state index in [-0.39, 0.29) is 0 Å². The van der Waals surface area contributed by atoms with Gasteiger partial charge in [0.05, 0.1) is 6.61 Å². The number of hydrogen-bond acceptors (Lipinski definition) is 3. The van der Waals surface area contributed by atoms with Crippen LogP contribution in [0.4, 0.5) is 0 Å². The van der Waals surface area contributed by atoms with Gasteiger partial charge in [0.2, 0.25) is 5.90 Å². The Labute approximate surface area is 62.5 Å². The van der Waals surface area contributed by atoms with Crippen molar-refractivity contribution < 1.29 is 4.74 Å². The first-order valence-corrected chi connectivity index (χ1v) is 3.59. The second-order valence-electron chi connectivity index (χ2n) is 2.35. The summed E-state index contributed by atoms with van der Waals surface area (Å²) in [5.74, 6) is 0.691. The van der Waals surface area contributed by atoms with Gasteiger partial charge in [-0.05, 0) is 20.8 Å². The van der Waals surface area contributed by atoms with Crippen LogP contribution in [0.5, 0.6) is 0 Å². The lowest BCUT2D eigenvalue weighted by molar-refractivity contribution is 0.319. The summed E-state index contributed by atoms with van der Waals surface area (Å²) in [5, 5.41) is 3.96. The molecule has 10 heavy (non-hydrogen) atoms. The van der Waals surface area contributed by atoms with Crippen LogP contribution < -0.4 is 5.43 Å². The first-order valence-electron chi connectivity index (χ1n) is 3.59. The van der Waals surface area contributed by atoms with Crippen molar-refractivity contribution in [3.05, 3.63) is 0 Å².